The van der Waals surface area contributed by atoms with Crippen LogP contribution in [0.3, 0.4) is 0 Å². The monoisotopic (exact) mass is 380 g/mol. The molecule has 5 nitrogen and oxygen atoms in total. The molecule has 0 radical (unpaired) electrons. The van der Waals surface area contributed by atoms with Gasteiger partial charge in [-0.1, -0.05) is 17.7 Å². The SMILES string of the molecule is O=C(/C=C/c1cc(C(F)(F)F)ccc1Cl)NCc1nnc2ccccn12. The van der Waals surface area contributed by atoms with E-state index in [1.165, 1.54) is 6.08 Å². The number of carbonyl (C=O) groups excluding carboxylic acids is 1. The Morgan fingerprint density at radius 1 is 1.23 bits per heavy atom. The van der Waals surface area contributed by atoms with E-state index in [1.54, 1.807) is 22.7 Å². The van der Waals surface area contributed by atoms with E-state index in [1.807, 2.05) is 6.07 Å². The zero-order chi connectivity index (χ0) is 18.7. The molecule has 0 spiro atoms. The van der Waals surface area contributed by atoms with Crippen molar-refractivity contribution in [2.24, 2.45) is 0 Å². The fourth-order valence-corrected chi connectivity index (χ4v) is 2.43. The van der Waals surface area contributed by atoms with E-state index in [9.17, 15) is 18.0 Å². The molecule has 0 aliphatic carbocycles. The number of fused-ring (bicyclic) bond motifs is 1. The van der Waals surface area contributed by atoms with E-state index in [-0.39, 0.29) is 17.1 Å². The molecule has 134 valence electrons. The van der Waals surface area contributed by atoms with Crippen molar-refractivity contribution in [1.82, 2.24) is 19.9 Å². The van der Waals surface area contributed by atoms with Gasteiger partial charge in [0.05, 0.1) is 12.1 Å². The van der Waals surface area contributed by atoms with Crippen molar-refractivity contribution >= 4 is 29.2 Å². The van der Waals surface area contributed by atoms with E-state index in [4.69, 9.17) is 11.6 Å². The first kappa shape index (κ1) is 17.9. The van der Waals surface area contributed by atoms with Gasteiger partial charge in [0.15, 0.2) is 11.5 Å². The summed E-state index contributed by atoms with van der Waals surface area (Å²) >= 11 is 5.88. The molecular formula is C17H12ClF3N4O. The summed E-state index contributed by atoms with van der Waals surface area (Å²) in [5.74, 6) is 0.0330. The van der Waals surface area contributed by atoms with Crippen LogP contribution in [0, 0.1) is 0 Å². The third-order valence-corrected chi connectivity index (χ3v) is 3.89. The molecule has 0 saturated heterocycles. The maximum absolute atomic E-state index is 12.7. The number of amides is 1. The molecule has 2 heterocycles. The third-order valence-electron chi connectivity index (χ3n) is 3.54. The summed E-state index contributed by atoms with van der Waals surface area (Å²) in [6, 6.07) is 8.30. The molecule has 9 heteroatoms. The maximum Gasteiger partial charge on any atom is 0.416 e. The Morgan fingerprint density at radius 3 is 2.81 bits per heavy atom. The van der Waals surface area contributed by atoms with Crippen molar-refractivity contribution in [2.75, 3.05) is 0 Å². The number of halogens is 4. The first-order valence-electron chi connectivity index (χ1n) is 7.46. The van der Waals surface area contributed by atoms with Gasteiger partial charge < -0.3 is 5.32 Å². The summed E-state index contributed by atoms with van der Waals surface area (Å²) in [5.41, 5.74) is -0.0931. The van der Waals surface area contributed by atoms with E-state index in [0.717, 1.165) is 24.3 Å². The molecule has 0 atom stereocenters. The van der Waals surface area contributed by atoms with Crippen LogP contribution in [-0.4, -0.2) is 20.5 Å². The second kappa shape index (κ2) is 7.17. The number of hydrogen-bond acceptors (Lipinski definition) is 3. The quantitative estimate of drug-likeness (QED) is 0.702. The molecule has 0 saturated carbocycles. The Morgan fingerprint density at radius 2 is 2.04 bits per heavy atom. The molecule has 26 heavy (non-hydrogen) atoms. The summed E-state index contributed by atoms with van der Waals surface area (Å²) in [5, 5.41) is 10.6. The highest BCUT2D eigenvalue weighted by atomic mass is 35.5. The topological polar surface area (TPSA) is 59.3 Å². The van der Waals surface area contributed by atoms with Crippen LogP contribution in [0.5, 0.6) is 0 Å². The molecule has 0 bridgehead atoms. The molecular weight excluding hydrogens is 369 g/mol. The van der Waals surface area contributed by atoms with Crippen molar-refractivity contribution < 1.29 is 18.0 Å². The Hall–Kier alpha value is -2.87. The summed E-state index contributed by atoms with van der Waals surface area (Å²) in [7, 11) is 0. The van der Waals surface area contributed by atoms with Crippen molar-refractivity contribution in [3.63, 3.8) is 0 Å². The predicted octanol–water partition coefficient (Wildman–Crippen LogP) is 3.73. The highest BCUT2D eigenvalue weighted by Gasteiger charge is 2.30. The fourth-order valence-electron chi connectivity index (χ4n) is 2.25. The molecule has 2 aromatic heterocycles. The van der Waals surface area contributed by atoms with Gasteiger partial charge >= 0.3 is 6.18 Å². The Bertz CT molecular complexity index is 982. The van der Waals surface area contributed by atoms with Crippen LogP contribution < -0.4 is 5.32 Å². The minimum Gasteiger partial charge on any atom is -0.345 e. The number of nitrogens with one attached hydrogen (secondary N) is 1. The second-order valence-corrected chi connectivity index (χ2v) is 5.74. The average Bonchev–Trinajstić information content (AvgIpc) is 3.01. The van der Waals surface area contributed by atoms with Crippen molar-refractivity contribution in [1.29, 1.82) is 0 Å². The van der Waals surface area contributed by atoms with Crippen molar-refractivity contribution in [3.8, 4) is 0 Å². The number of nitrogens with zero attached hydrogens (tertiary/aromatic N) is 3. The van der Waals surface area contributed by atoms with Gasteiger partial charge in [0.1, 0.15) is 0 Å². The van der Waals surface area contributed by atoms with Gasteiger partial charge in [0.2, 0.25) is 5.91 Å². The predicted molar refractivity (Wildman–Crippen MR) is 90.3 cm³/mol. The molecule has 0 fully saturated rings. The van der Waals surface area contributed by atoms with Crippen LogP contribution in [-0.2, 0) is 17.5 Å². The normalized spacial score (nSPS) is 12.0. The molecule has 1 aromatic carbocycles. The first-order chi connectivity index (χ1) is 12.3. The molecule has 0 aliphatic heterocycles. The van der Waals surface area contributed by atoms with Crippen molar-refractivity contribution in [2.45, 2.75) is 12.7 Å². The summed E-state index contributed by atoms with van der Waals surface area (Å²) < 4.78 is 39.9. The van der Waals surface area contributed by atoms with Crippen LogP contribution in [0.4, 0.5) is 13.2 Å². The number of hydrogen-bond donors (Lipinski definition) is 1. The molecule has 3 rings (SSSR count). The lowest BCUT2D eigenvalue weighted by Crippen LogP contribution is -2.21. The van der Waals surface area contributed by atoms with Crippen LogP contribution in [0.1, 0.15) is 17.0 Å². The molecule has 0 unspecified atom stereocenters. The van der Waals surface area contributed by atoms with Crippen LogP contribution in [0.25, 0.3) is 11.7 Å². The molecule has 1 amide bonds. The lowest BCUT2D eigenvalue weighted by molar-refractivity contribution is -0.137. The number of carbonyl (C=O) groups is 1. The smallest absolute Gasteiger partial charge is 0.345 e. The summed E-state index contributed by atoms with van der Waals surface area (Å²) in [6.45, 7) is 0.116. The van der Waals surface area contributed by atoms with Gasteiger partial charge in [-0.25, -0.2) is 0 Å². The van der Waals surface area contributed by atoms with Gasteiger partial charge in [-0.15, -0.1) is 10.2 Å². The van der Waals surface area contributed by atoms with Crippen LogP contribution in [0.2, 0.25) is 5.02 Å². The zero-order valence-corrected chi connectivity index (χ0v) is 13.9. The minimum atomic E-state index is -4.48. The number of rotatable bonds is 4. The van der Waals surface area contributed by atoms with Gasteiger partial charge in [-0.3, -0.25) is 9.20 Å². The third kappa shape index (κ3) is 4.02. The number of aromatic nitrogens is 3. The average molecular weight is 381 g/mol. The van der Waals surface area contributed by atoms with E-state index in [2.05, 4.69) is 15.5 Å². The fraction of sp³-hybridized carbons (Fsp3) is 0.118. The standard InChI is InChI=1S/C17H12ClF3N4O/c18-13-6-5-12(17(19,20)21)9-11(13)4-7-16(26)22-10-15-24-23-14-3-1-2-8-25(14)15/h1-9H,10H2,(H,22,26)/b7-4+. The number of pyridine rings is 1. The number of alkyl halides is 3. The lowest BCUT2D eigenvalue weighted by Gasteiger charge is -2.08. The Labute approximate surface area is 151 Å². The highest BCUT2D eigenvalue weighted by molar-refractivity contribution is 6.32. The Kier molecular flexibility index (Phi) is 4.94. The van der Waals surface area contributed by atoms with E-state index >= 15 is 0 Å². The van der Waals surface area contributed by atoms with E-state index < -0.39 is 17.6 Å². The lowest BCUT2D eigenvalue weighted by atomic mass is 10.1. The van der Waals surface area contributed by atoms with Crippen molar-refractivity contribution in [3.05, 3.63) is 70.6 Å². The maximum atomic E-state index is 12.7. The van der Waals surface area contributed by atoms with Gasteiger partial charge in [0.25, 0.3) is 0 Å². The Balaban J connectivity index is 1.68. The number of benzene rings is 1. The molecule has 3 aromatic rings. The molecule has 1 N–H and O–H groups in total. The van der Waals surface area contributed by atoms with Gasteiger partial charge in [0, 0.05) is 17.3 Å². The second-order valence-electron chi connectivity index (χ2n) is 5.33. The van der Waals surface area contributed by atoms with Crippen LogP contribution >= 0.6 is 11.6 Å². The first-order valence-corrected chi connectivity index (χ1v) is 7.84. The highest BCUT2D eigenvalue weighted by Crippen LogP contribution is 2.32. The summed E-state index contributed by atoms with van der Waals surface area (Å²) in [6.07, 6.45) is -0.376. The molecule has 0 aliphatic rings. The minimum absolute atomic E-state index is 0.101. The largest absolute Gasteiger partial charge is 0.416 e. The van der Waals surface area contributed by atoms with Gasteiger partial charge in [-0.05, 0) is 42.0 Å². The zero-order valence-electron chi connectivity index (χ0n) is 13.2. The van der Waals surface area contributed by atoms with Crippen LogP contribution in [0.15, 0.2) is 48.7 Å². The summed E-state index contributed by atoms with van der Waals surface area (Å²) in [4.78, 5) is 11.9. The van der Waals surface area contributed by atoms with Gasteiger partial charge in [-0.2, -0.15) is 13.2 Å². The van der Waals surface area contributed by atoms with E-state index in [0.29, 0.717) is 11.5 Å².